The largest absolute Gasteiger partial charge is 0.325 e. The van der Waals surface area contributed by atoms with Gasteiger partial charge >= 0.3 is 0 Å². The van der Waals surface area contributed by atoms with Gasteiger partial charge in [-0.05, 0) is 6.07 Å². The van der Waals surface area contributed by atoms with Crippen LogP contribution in [0.15, 0.2) is 41.3 Å². The minimum Gasteiger partial charge on any atom is -0.325 e. The molecule has 5 heteroatoms. The van der Waals surface area contributed by atoms with E-state index in [4.69, 9.17) is 0 Å². The summed E-state index contributed by atoms with van der Waals surface area (Å²) in [7, 11) is 1.60. The van der Waals surface area contributed by atoms with Crippen molar-refractivity contribution in [1.29, 1.82) is 0 Å². The lowest BCUT2D eigenvalue weighted by molar-refractivity contribution is -0.123. The van der Waals surface area contributed by atoms with Crippen LogP contribution in [0.1, 0.15) is 20.8 Å². The molecule has 21 heavy (non-hydrogen) atoms. The summed E-state index contributed by atoms with van der Waals surface area (Å²) in [5, 5.41) is 6.92. The Hall–Kier alpha value is -2.43. The highest BCUT2D eigenvalue weighted by atomic mass is 16.2. The highest BCUT2D eigenvalue weighted by Gasteiger charge is 2.22. The van der Waals surface area contributed by atoms with E-state index in [-0.39, 0.29) is 11.5 Å². The van der Waals surface area contributed by atoms with E-state index >= 15 is 0 Å². The molecule has 0 bridgehead atoms. The van der Waals surface area contributed by atoms with Crippen molar-refractivity contribution in [1.82, 2.24) is 9.78 Å². The number of rotatable bonds is 2. The first-order valence-corrected chi connectivity index (χ1v) is 6.73. The fourth-order valence-electron chi connectivity index (χ4n) is 1.77. The lowest BCUT2D eigenvalue weighted by atomic mass is 9.95. The Morgan fingerprint density at radius 3 is 2.52 bits per heavy atom. The Balaban J connectivity index is 2.44. The van der Waals surface area contributed by atoms with Crippen molar-refractivity contribution in [2.75, 3.05) is 5.32 Å². The maximum Gasteiger partial charge on any atom is 0.267 e. The average Bonchev–Trinajstić information content (AvgIpc) is 2.41. The van der Waals surface area contributed by atoms with E-state index in [1.165, 1.54) is 10.7 Å². The number of para-hydroxylation sites is 1. The van der Waals surface area contributed by atoms with Crippen molar-refractivity contribution in [2.24, 2.45) is 12.5 Å². The second-order valence-electron chi connectivity index (χ2n) is 5.96. The number of nitrogens with zero attached hydrogens (tertiary/aromatic N) is 2. The maximum atomic E-state index is 12.1. The molecule has 0 aliphatic carbocycles. The SMILES string of the molecule is Cn1ncc(-c2ccccc2NC(=O)C(C)(C)C)cc1=O. The second-order valence-corrected chi connectivity index (χ2v) is 5.96. The van der Waals surface area contributed by atoms with Crippen LogP contribution in [0.3, 0.4) is 0 Å². The molecule has 0 fully saturated rings. The molecule has 0 unspecified atom stereocenters. The van der Waals surface area contributed by atoms with Gasteiger partial charge in [-0.3, -0.25) is 9.59 Å². The first-order chi connectivity index (χ1) is 9.79. The van der Waals surface area contributed by atoms with Crippen LogP contribution in [0.5, 0.6) is 0 Å². The molecule has 0 aliphatic heterocycles. The monoisotopic (exact) mass is 285 g/mol. The molecule has 0 spiro atoms. The van der Waals surface area contributed by atoms with Crippen LogP contribution >= 0.6 is 0 Å². The van der Waals surface area contributed by atoms with E-state index in [9.17, 15) is 9.59 Å². The predicted molar refractivity (Wildman–Crippen MR) is 83.0 cm³/mol. The standard InChI is InChI=1S/C16H19N3O2/c1-16(2,3)15(21)18-13-8-6-5-7-12(13)11-9-14(20)19(4)17-10-11/h5-10H,1-4H3,(H,18,21). The zero-order chi connectivity index (χ0) is 15.6. The Morgan fingerprint density at radius 2 is 1.90 bits per heavy atom. The van der Waals surface area contributed by atoms with Crippen molar-refractivity contribution in [2.45, 2.75) is 20.8 Å². The third kappa shape index (κ3) is 3.37. The molecule has 1 aromatic carbocycles. The van der Waals surface area contributed by atoms with Crippen molar-refractivity contribution in [3.8, 4) is 11.1 Å². The number of hydrogen-bond donors (Lipinski definition) is 1. The maximum absolute atomic E-state index is 12.1. The highest BCUT2D eigenvalue weighted by molar-refractivity contribution is 5.98. The van der Waals surface area contributed by atoms with Gasteiger partial charge in [0, 0.05) is 35.3 Å². The molecule has 1 amide bonds. The van der Waals surface area contributed by atoms with Crippen molar-refractivity contribution in [3.63, 3.8) is 0 Å². The van der Waals surface area contributed by atoms with E-state index in [0.717, 1.165) is 5.56 Å². The quantitative estimate of drug-likeness (QED) is 0.921. The predicted octanol–water partition coefficient (Wildman–Crippen LogP) is 2.43. The lowest BCUT2D eigenvalue weighted by Gasteiger charge is -2.19. The Labute approximate surface area is 123 Å². The molecule has 0 aliphatic rings. The Bertz CT molecular complexity index is 727. The first-order valence-electron chi connectivity index (χ1n) is 6.73. The summed E-state index contributed by atoms with van der Waals surface area (Å²) in [6.07, 6.45) is 1.61. The van der Waals surface area contributed by atoms with E-state index in [2.05, 4.69) is 10.4 Å². The van der Waals surface area contributed by atoms with Gasteiger partial charge in [0.1, 0.15) is 0 Å². The van der Waals surface area contributed by atoms with Gasteiger partial charge < -0.3 is 5.32 Å². The molecule has 2 aromatic rings. The van der Waals surface area contributed by atoms with Gasteiger partial charge in [-0.15, -0.1) is 0 Å². The summed E-state index contributed by atoms with van der Waals surface area (Å²) in [6, 6.07) is 8.88. The van der Waals surface area contributed by atoms with E-state index in [0.29, 0.717) is 11.3 Å². The smallest absolute Gasteiger partial charge is 0.267 e. The number of anilines is 1. The first kappa shape index (κ1) is 15.0. The van der Waals surface area contributed by atoms with Gasteiger partial charge in [0.15, 0.2) is 0 Å². The number of aromatic nitrogens is 2. The van der Waals surface area contributed by atoms with Crippen molar-refractivity contribution < 1.29 is 4.79 Å². The van der Waals surface area contributed by atoms with Crippen LogP contribution in [-0.2, 0) is 11.8 Å². The number of carbonyl (C=O) groups excluding carboxylic acids is 1. The summed E-state index contributed by atoms with van der Waals surface area (Å²) in [5.41, 5.74) is 1.46. The minimum absolute atomic E-state index is 0.0771. The van der Waals surface area contributed by atoms with Gasteiger partial charge in [-0.1, -0.05) is 39.0 Å². The topological polar surface area (TPSA) is 64.0 Å². The van der Waals surface area contributed by atoms with Gasteiger partial charge in [-0.25, -0.2) is 4.68 Å². The second kappa shape index (κ2) is 5.52. The van der Waals surface area contributed by atoms with Crippen LogP contribution in [0.25, 0.3) is 11.1 Å². The molecule has 0 saturated carbocycles. The molecule has 2 rings (SSSR count). The van der Waals surface area contributed by atoms with E-state index < -0.39 is 5.41 Å². The fourth-order valence-corrected chi connectivity index (χ4v) is 1.77. The third-order valence-corrected chi connectivity index (χ3v) is 3.14. The molecule has 0 radical (unpaired) electrons. The molecule has 5 nitrogen and oxygen atoms in total. The zero-order valence-corrected chi connectivity index (χ0v) is 12.7. The number of benzene rings is 1. The lowest BCUT2D eigenvalue weighted by Crippen LogP contribution is -2.27. The average molecular weight is 285 g/mol. The summed E-state index contributed by atoms with van der Waals surface area (Å²) in [5.74, 6) is -0.0771. The molecule has 1 aromatic heterocycles. The van der Waals surface area contributed by atoms with Crippen LogP contribution in [-0.4, -0.2) is 15.7 Å². The zero-order valence-electron chi connectivity index (χ0n) is 12.7. The molecular weight excluding hydrogens is 266 g/mol. The Morgan fingerprint density at radius 1 is 1.24 bits per heavy atom. The minimum atomic E-state index is -0.488. The fraction of sp³-hybridized carbons (Fsp3) is 0.312. The van der Waals surface area contributed by atoms with E-state index in [1.54, 1.807) is 13.2 Å². The number of nitrogens with one attached hydrogen (secondary N) is 1. The summed E-state index contributed by atoms with van der Waals surface area (Å²) >= 11 is 0. The number of carbonyl (C=O) groups is 1. The number of aryl methyl sites for hydroxylation is 1. The van der Waals surface area contributed by atoms with Gasteiger partial charge in [0.25, 0.3) is 5.56 Å². The van der Waals surface area contributed by atoms with Crippen LogP contribution < -0.4 is 10.9 Å². The summed E-state index contributed by atoms with van der Waals surface area (Å²) in [6.45, 7) is 5.56. The molecule has 1 N–H and O–H groups in total. The highest BCUT2D eigenvalue weighted by Crippen LogP contribution is 2.28. The Kier molecular flexibility index (Phi) is 3.93. The molecular formula is C16H19N3O2. The number of hydrogen-bond acceptors (Lipinski definition) is 3. The summed E-state index contributed by atoms with van der Waals surface area (Å²) in [4.78, 5) is 23.9. The van der Waals surface area contributed by atoms with Crippen LogP contribution in [0.2, 0.25) is 0 Å². The third-order valence-electron chi connectivity index (χ3n) is 3.14. The molecule has 110 valence electrons. The van der Waals surface area contributed by atoms with E-state index in [1.807, 2.05) is 45.0 Å². The van der Waals surface area contributed by atoms with Crippen LogP contribution in [0, 0.1) is 5.41 Å². The number of amides is 1. The van der Waals surface area contributed by atoms with Crippen molar-refractivity contribution in [3.05, 3.63) is 46.9 Å². The van der Waals surface area contributed by atoms with Crippen molar-refractivity contribution >= 4 is 11.6 Å². The van der Waals surface area contributed by atoms with Gasteiger partial charge in [0.2, 0.25) is 5.91 Å². The molecule has 0 atom stereocenters. The van der Waals surface area contributed by atoms with Gasteiger partial charge in [0.05, 0.1) is 6.20 Å². The summed E-state index contributed by atoms with van der Waals surface area (Å²) < 4.78 is 1.26. The van der Waals surface area contributed by atoms with Gasteiger partial charge in [-0.2, -0.15) is 5.10 Å². The normalized spacial score (nSPS) is 11.2. The molecule has 0 saturated heterocycles. The van der Waals surface area contributed by atoms with Crippen LogP contribution in [0.4, 0.5) is 5.69 Å². The molecule has 1 heterocycles.